The van der Waals surface area contributed by atoms with Gasteiger partial charge in [-0.15, -0.1) is 21.5 Å². The van der Waals surface area contributed by atoms with Crippen LogP contribution >= 0.6 is 23.1 Å². The molecule has 0 saturated heterocycles. The second-order valence-corrected chi connectivity index (χ2v) is 8.31. The number of nitrogens with one attached hydrogen (secondary N) is 2. The van der Waals surface area contributed by atoms with Crippen molar-refractivity contribution in [1.82, 2.24) is 19.7 Å². The summed E-state index contributed by atoms with van der Waals surface area (Å²) in [5.41, 5.74) is 2.77. The van der Waals surface area contributed by atoms with E-state index in [1.54, 1.807) is 0 Å². The topological polar surface area (TPSA) is 102 Å². The Bertz CT molecular complexity index is 1030. The number of hydrogen-bond acceptors (Lipinski definition) is 7. The van der Waals surface area contributed by atoms with Gasteiger partial charge in [0, 0.05) is 17.6 Å². The quantitative estimate of drug-likeness (QED) is 0.490. The first-order valence-electron chi connectivity index (χ1n) is 9.64. The first-order valence-corrected chi connectivity index (χ1v) is 11.5. The molecule has 2 amide bonds. The number of aromatic nitrogens is 4. The van der Waals surface area contributed by atoms with Crippen LogP contribution in [0.15, 0.2) is 34.8 Å². The maximum Gasteiger partial charge on any atom is 0.236 e. The van der Waals surface area contributed by atoms with E-state index in [1.807, 2.05) is 55.0 Å². The molecule has 2 heterocycles. The van der Waals surface area contributed by atoms with Gasteiger partial charge in [0.25, 0.3) is 0 Å². The van der Waals surface area contributed by atoms with Gasteiger partial charge in [-0.1, -0.05) is 36.9 Å². The monoisotopic (exact) mass is 444 g/mol. The molecule has 0 saturated carbocycles. The molecule has 2 aromatic heterocycles. The van der Waals surface area contributed by atoms with Crippen molar-refractivity contribution in [3.8, 4) is 0 Å². The van der Waals surface area contributed by atoms with Crippen molar-refractivity contribution in [2.24, 2.45) is 0 Å². The van der Waals surface area contributed by atoms with Crippen molar-refractivity contribution >= 4 is 45.7 Å². The third-order valence-electron chi connectivity index (χ3n) is 4.30. The molecular weight excluding hydrogens is 420 g/mol. The summed E-state index contributed by atoms with van der Waals surface area (Å²) >= 11 is 2.68. The van der Waals surface area contributed by atoms with E-state index in [2.05, 4.69) is 25.8 Å². The van der Waals surface area contributed by atoms with Crippen molar-refractivity contribution < 1.29 is 9.59 Å². The second-order valence-electron chi connectivity index (χ2n) is 6.51. The molecule has 0 spiro atoms. The number of para-hydroxylation sites is 1. The predicted octanol–water partition coefficient (Wildman–Crippen LogP) is 3.54. The maximum absolute atomic E-state index is 12.5. The van der Waals surface area contributed by atoms with Crippen LogP contribution in [0.3, 0.4) is 0 Å². The molecule has 0 radical (unpaired) electrons. The van der Waals surface area contributed by atoms with Gasteiger partial charge in [0.1, 0.15) is 5.82 Å². The molecule has 0 aliphatic carbocycles. The Hall–Kier alpha value is -2.72. The lowest BCUT2D eigenvalue weighted by Crippen LogP contribution is -2.18. The molecular formula is C20H24N6O2S2. The van der Waals surface area contributed by atoms with Gasteiger partial charge in [-0.2, -0.15) is 0 Å². The van der Waals surface area contributed by atoms with Crippen molar-refractivity contribution in [2.75, 3.05) is 16.4 Å². The molecule has 0 bridgehead atoms. The number of aryl methyl sites for hydroxylation is 2. The van der Waals surface area contributed by atoms with Crippen LogP contribution in [-0.4, -0.2) is 37.3 Å². The first kappa shape index (κ1) is 22.0. The summed E-state index contributed by atoms with van der Waals surface area (Å²) in [4.78, 5) is 28.9. The lowest BCUT2D eigenvalue weighted by atomic mass is 10.1. The van der Waals surface area contributed by atoms with Gasteiger partial charge in [-0.05, 0) is 31.9 Å². The number of anilines is 2. The van der Waals surface area contributed by atoms with Crippen LogP contribution in [0.25, 0.3) is 0 Å². The minimum absolute atomic E-state index is 0.115. The van der Waals surface area contributed by atoms with Crippen molar-refractivity contribution in [2.45, 2.75) is 45.3 Å². The predicted molar refractivity (Wildman–Crippen MR) is 120 cm³/mol. The summed E-state index contributed by atoms with van der Waals surface area (Å²) in [7, 11) is 0. The van der Waals surface area contributed by atoms with Gasteiger partial charge in [0.05, 0.1) is 17.9 Å². The fourth-order valence-electron chi connectivity index (χ4n) is 2.86. The second kappa shape index (κ2) is 10.4. The van der Waals surface area contributed by atoms with Crippen LogP contribution in [0, 0.1) is 6.92 Å². The summed E-state index contributed by atoms with van der Waals surface area (Å²) in [6.07, 6.45) is 0.953. The Morgan fingerprint density at radius 1 is 1.13 bits per heavy atom. The minimum atomic E-state index is -0.157. The number of carbonyl (C=O) groups is 2. The summed E-state index contributed by atoms with van der Waals surface area (Å²) in [6, 6.07) is 7.75. The van der Waals surface area contributed by atoms with E-state index in [4.69, 9.17) is 0 Å². The molecule has 3 aromatic rings. The van der Waals surface area contributed by atoms with Gasteiger partial charge in [0.2, 0.25) is 11.8 Å². The smallest absolute Gasteiger partial charge is 0.236 e. The third-order valence-corrected chi connectivity index (χ3v) is 6.14. The lowest BCUT2D eigenvalue weighted by molar-refractivity contribution is -0.116. The molecule has 1 aromatic carbocycles. The fourth-order valence-corrected chi connectivity index (χ4v) is 4.39. The molecule has 0 atom stereocenters. The van der Waals surface area contributed by atoms with Gasteiger partial charge in [0.15, 0.2) is 10.3 Å². The number of amides is 2. The van der Waals surface area contributed by atoms with Gasteiger partial charge >= 0.3 is 0 Å². The largest absolute Gasteiger partial charge is 0.325 e. The number of nitrogens with zero attached hydrogens (tertiary/aromatic N) is 4. The Labute approximate surface area is 183 Å². The molecule has 3 rings (SSSR count). The van der Waals surface area contributed by atoms with Crippen LogP contribution in [0.5, 0.6) is 0 Å². The summed E-state index contributed by atoms with van der Waals surface area (Å²) in [5.74, 6) is 0.455. The summed E-state index contributed by atoms with van der Waals surface area (Å²) in [6.45, 7) is 6.49. The Kier molecular flexibility index (Phi) is 7.58. The highest BCUT2D eigenvalue weighted by molar-refractivity contribution is 7.99. The van der Waals surface area contributed by atoms with E-state index in [0.717, 1.165) is 23.4 Å². The van der Waals surface area contributed by atoms with E-state index >= 15 is 0 Å². The van der Waals surface area contributed by atoms with E-state index in [-0.39, 0.29) is 24.0 Å². The van der Waals surface area contributed by atoms with Crippen LogP contribution in [0.1, 0.15) is 30.9 Å². The van der Waals surface area contributed by atoms with Crippen LogP contribution in [-0.2, 0) is 29.0 Å². The SMILES string of the molecule is CCc1ccccc1NC(=O)Cc1nnc(SCC(=O)Nc2nc(C)cs2)n1CC. The zero-order valence-electron chi connectivity index (χ0n) is 17.1. The average molecular weight is 445 g/mol. The summed E-state index contributed by atoms with van der Waals surface area (Å²) < 4.78 is 1.86. The Morgan fingerprint density at radius 2 is 1.93 bits per heavy atom. The third kappa shape index (κ3) is 5.67. The first-order chi connectivity index (χ1) is 14.5. The number of carbonyl (C=O) groups excluding carboxylic acids is 2. The standard InChI is InChI=1S/C20H24N6O2S2/c1-4-14-8-6-7-9-15(14)22-17(27)10-16-24-25-20(26(16)5-2)30-12-18(28)23-19-21-13(3)11-29-19/h6-9,11H,4-5,10,12H2,1-3H3,(H,22,27)(H,21,23,28). The number of hydrogen-bond donors (Lipinski definition) is 2. The number of thiazole rings is 1. The highest BCUT2D eigenvalue weighted by Crippen LogP contribution is 2.20. The van der Waals surface area contributed by atoms with Gasteiger partial charge in [-0.3, -0.25) is 9.59 Å². The fraction of sp³-hybridized carbons (Fsp3) is 0.350. The minimum Gasteiger partial charge on any atom is -0.325 e. The lowest BCUT2D eigenvalue weighted by Gasteiger charge is -2.10. The molecule has 30 heavy (non-hydrogen) atoms. The van der Waals surface area contributed by atoms with E-state index in [0.29, 0.717) is 22.7 Å². The molecule has 0 aliphatic rings. The van der Waals surface area contributed by atoms with Crippen molar-refractivity contribution in [3.05, 3.63) is 46.7 Å². The molecule has 2 N–H and O–H groups in total. The van der Waals surface area contributed by atoms with E-state index in [1.165, 1.54) is 23.1 Å². The molecule has 0 aliphatic heterocycles. The number of benzene rings is 1. The molecule has 158 valence electrons. The van der Waals surface area contributed by atoms with Crippen molar-refractivity contribution in [1.29, 1.82) is 0 Å². The van der Waals surface area contributed by atoms with Crippen LogP contribution in [0.4, 0.5) is 10.8 Å². The number of rotatable bonds is 9. The maximum atomic E-state index is 12.5. The van der Waals surface area contributed by atoms with Crippen LogP contribution in [0.2, 0.25) is 0 Å². The van der Waals surface area contributed by atoms with Gasteiger partial charge < -0.3 is 15.2 Å². The average Bonchev–Trinajstić information content (AvgIpc) is 3.31. The molecule has 10 heteroatoms. The zero-order chi connectivity index (χ0) is 21.5. The Balaban J connectivity index is 1.59. The molecule has 8 nitrogen and oxygen atoms in total. The molecule has 0 unspecified atom stereocenters. The van der Waals surface area contributed by atoms with Crippen molar-refractivity contribution in [3.63, 3.8) is 0 Å². The van der Waals surface area contributed by atoms with Crippen LogP contribution < -0.4 is 10.6 Å². The highest BCUT2D eigenvalue weighted by atomic mass is 32.2. The molecule has 0 fully saturated rings. The normalized spacial score (nSPS) is 10.8. The summed E-state index contributed by atoms with van der Waals surface area (Å²) in [5, 5.41) is 17.1. The number of thioether (sulfide) groups is 1. The Morgan fingerprint density at radius 3 is 2.63 bits per heavy atom. The van der Waals surface area contributed by atoms with Gasteiger partial charge in [-0.25, -0.2) is 4.98 Å². The van der Waals surface area contributed by atoms with E-state index < -0.39 is 0 Å². The highest BCUT2D eigenvalue weighted by Gasteiger charge is 2.17. The van der Waals surface area contributed by atoms with E-state index in [9.17, 15) is 9.59 Å². The zero-order valence-corrected chi connectivity index (χ0v) is 18.8.